The summed E-state index contributed by atoms with van der Waals surface area (Å²) in [6.45, 7) is 0.154. The second kappa shape index (κ2) is 8.13. The van der Waals surface area contributed by atoms with Crippen LogP contribution in [0.4, 0.5) is 5.69 Å². The van der Waals surface area contributed by atoms with Crippen LogP contribution in [0, 0.1) is 0 Å². The lowest BCUT2D eigenvalue weighted by atomic mass is 10.2. The van der Waals surface area contributed by atoms with Gasteiger partial charge >= 0.3 is 0 Å². The van der Waals surface area contributed by atoms with Gasteiger partial charge in [-0.3, -0.25) is 9.78 Å². The molecule has 0 radical (unpaired) electrons. The minimum absolute atomic E-state index is 0.154. The molecule has 0 aliphatic heterocycles. The van der Waals surface area contributed by atoms with Crippen molar-refractivity contribution in [1.82, 2.24) is 15.2 Å². The minimum atomic E-state index is -0.221. The summed E-state index contributed by atoms with van der Waals surface area (Å²) in [5.74, 6) is 1.24. The van der Waals surface area contributed by atoms with E-state index < -0.39 is 0 Å². The number of rotatable bonds is 6. The summed E-state index contributed by atoms with van der Waals surface area (Å²) in [4.78, 5) is 16.1. The number of ether oxygens (including phenoxy) is 1. The van der Waals surface area contributed by atoms with Gasteiger partial charge in [-0.05, 0) is 48.5 Å². The van der Waals surface area contributed by atoms with Crippen molar-refractivity contribution in [2.24, 2.45) is 0 Å². The fraction of sp³-hybridized carbons (Fsp3) is 0.0476. The van der Waals surface area contributed by atoms with Crippen LogP contribution in [0.2, 0.25) is 0 Å². The zero-order chi connectivity index (χ0) is 19.2. The van der Waals surface area contributed by atoms with E-state index in [2.05, 4.69) is 20.5 Å². The van der Waals surface area contributed by atoms with Gasteiger partial charge in [0.05, 0.1) is 5.56 Å². The van der Waals surface area contributed by atoms with Crippen molar-refractivity contribution in [2.75, 3.05) is 5.32 Å². The average molecular weight is 372 g/mol. The topological polar surface area (TPSA) is 90.1 Å². The smallest absolute Gasteiger partial charge is 0.257 e. The van der Waals surface area contributed by atoms with Gasteiger partial charge in [0.25, 0.3) is 11.8 Å². The quantitative estimate of drug-likeness (QED) is 0.551. The second-order valence-corrected chi connectivity index (χ2v) is 5.88. The fourth-order valence-electron chi connectivity index (χ4n) is 2.49. The van der Waals surface area contributed by atoms with Crippen molar-refractivity contribution in [3.8, 4) is 17.2 Å². The van der Waals surface area contributed by atoms with Crippen LogP contribution in [0.1, 0.15) is 16.2 Å². The first-order chi connectivity index (χ1) is 13.8. The van der Waals surface area contributed by atoms with Gasteiger partial charge in [-0.1, -0.05) is 18.2 Å². The largest absolute Gasteiger partial charge is 0.484 e. The van der Waals surface area contributed by atoms with Crippen molar-refractivity contribution in [3.63, 3.8) is 0 Å². The van der Waals surface area contributed by atoms with Crippen molar-refractivity contribution in [2.45, 2.75) is 6.61 Å². The number of nitrogens with one attached hydrogen (secondary N) is 1. The minimum Gasteiger partial charge on any atom is -0.484 e. The molecule has 138 valence electrons. The van der Waals surface area contributed by atoms with Crippen LogP contribution in [0.15, 0.2) is 83.5 Å². The summed E-state index contributed by atoms with van der Waals surface area (Å²) in [6, 6.07) is 20.0. The third-order valence-electron chi connectivity index (χ3n) is 3.89. The monoisotopic (exact) mass is 372 g/mol. The van der Waals surface area contributed by atoms with Crippen LogP contribution in [-0.2, 0) is 6.61 Å². The number of hydrogen-bond donors (Lipinski definition) is 1. The SMILES string of the molecule is O=C(Nc1ccc(OCc2nnc(-c3ccccc3)o2)cc1)c1cccnc1. The number of nitrogens with zero attached hydrogens (tertiary/aromatic N) is 3. The number of carbonyl (C=O) groups excluding carboxylic acids is 1. The maximum Gasteiger partial charge on any atom is 0.257 e. The number of hydrogen-bond acceptors (Lipinski definition) is 6. The Hall–Kier alpha value is -4.00. The van der Waals surface area contributed by atoms with E-state index in [1.165, 1.54) is 6.20 Å². The summed E-state index contributed by atoms with van der Waals surface area (Å²) in [7, 11) is 0. The van der Waals surface area contributed by atoms with E-state index in [1.54, 1.807) is 42.6 Å². The Bertz CT molecular complexity index is 1050. The fourth-order valence-corrected chi connectivity index (χ4v) is 2.49. The highest BCUT2D eigenvalue weighted by Gasteiger charge is 2.09. The highest BCUT2D eigenvalue weighted by atomic mass is 16.5. The molecule has 0 bridgehead atoms. The lowest BCUT2D eigenvalue weighted by molar-refractivity contribution is 0.102. The molecule has 2 aromatic heterocycles. The Morgan fingerprint density at radius 1 is 0.964 bits per heavy atom. The van der Waals surface area contributed by atoms with Crippen molar-refractivity contribution in [1.29, 1.82) is 0 Å². The number of anilines is 1. The Morgan fingerprint density at radius 3 is 2.54 bits per heavy atom. The van der Waals surface area contributed by atoms with E-state index in [9.17, 15) is 4.79 Å². The Labute approximate surface area is 161 Å². The second-order valence-electron chi connectivity index (χ2n) is 5.88. The molecule has 0 spiro atoms. The predicted molar refractivity (Wildman–Crippen MR) is 103 cm³/mol. The van der Waals surface area contributed by atoms with Gasteiger partial charge in [0.2, 0.25) is 5.89 Å². The molecule has 0 saturated carbocycles. The summed E-state index contributed by atoms with van der Waals surface area (Å²) in [5.41, 5.74) is 2.01. The molecule has 4 aromatic rings. The zero-order valence-corrected chi connectivity index (χ0v) is 14.8. The Morgan fingerprint density at radius 2 is 1.79 bits per heavy atom. The standard InChI is InChI=1S/C21H16N4O3/c26-20(16-7-4-12-22-13-16)23-17-8-10-18(11-9-17)27-14-19-24-25-21(28-19)15-5-2-1-3-6-15/h1-13H,14H2,(H,23,26). The summed E-state index contributed by atoms with van der Waals surface area (Å²) in [6.07, 6.45) is 3.13. The molecule has 0 atom stereocenters. The van der Waals surface area contributed by atoms with Gasteiger partial charge < -0.3 is 14.5 Å². The van der Waals surface area contributed by atoms with Crippen molar-refractivity contribution >= 4 is 11.6 Å². The maximum absolute atomic E-state index is 12.1. The van der Waals surface area contributed by atoms with Gasteiger partial charge in [0, 0.05) is 23.6 Å². The number of aromatic nitrogens is 3. The molecule has 4 rings (SSSR count). The van der Waals surface area contributed by atoms with Crippen LogP contribution < -0.4 is 10.1 Å². The first kappa shape index (κ1) is 17.4. The molecule has 2 heterocycles. The molecule has 0 aliphatic carbocycles. The zero-order valence-electron chi connectivity index (χ0n) is 14.8. The molecular formula is C21H16N4O3. The molecule has 0 unspecified atom stereocenters. The van der Waals surface area contributed by atoms with E-state index >= 15 is 0 Å². The molecule has 1 N–H and O–H groups in total. The van der Waals surface area contributed by atoms with Crippen LogP contribution in [0.3, 0.4) is 0 Å². The van der Waals surface area contributed by atoms with Gasteiger partial charge in [0.1, 0.15) is 5.75 Å². The van der Waals surface area contributed by atoms with Gasteiger partial charge in [-0.15, -0.1) is 10.2 Å². The normalized spacial score (nSPS) is 10.4. The van der Waals surface area contributed by atoms with E-state index in [1.807, 2.05) is 30.3 Å². The Kier molecular flexibility index (Phi) is 5.06. The molecule has 0 fully saturated rings. The summed E-state index contributed by atoms with van der Waals surface area (Å²) >= 11 is 0. The maximum atomic E-state index is 12.1. The van der Waals surface area contributed by atoms with Gasteiger partial charge in [-0.25, -0.2) is 0 Å². The van der Waals surface area contributed by atoms with Gasteiger partial charge in [-0.2, -0.15) is 0 Å². The van der Waals surface area contributed by atoms with Crippen LogP contribution >= 0.6 is 0 Å². The highest BCUT2D eigenvalue weighted by molar-refractivity contribution is 6.04. The van der Waals surface area contributed by atoms with Gasteiger partial charge in [0.15, 0.2) is 6.61 Å². The van der Waals surface area contributed by atoms with E-state index in [4.69, 9.17) is 9.15 Å². The molecule has 7 heteroatoms. The van der Waals surface area contributed by atoms with Crippen LogP contribution in [0.5, 0.6) is 5.75 Å². The Balaban J connectivity index is 1.34. The molecule has 7 nitrogen and oxygen atoms in total. The van der Waals surface area contributed by atoms with Crippen LogP contribution in [-0.4, -0.2) is 21.1 Å². The predicted octanol–water partition coefficient (Wildman–Crippen LogP) is 3.96. The third-order valence-corrected chi connectivity index (χ3v) is 3.89. The van der Waals surface area contributed by atoms with E-state index in [-0.39, 0.29) is 12.5 Å². The van der Waals surface area contributed by atoms with E-state index in [0.29, 0.717) is 28.8 Å². The molecule has 28 heavy (non-hydrogen) atoms. The highest BCUT2D eigenvalue weighted by Crippen LogP contribution is 2.20. The molecular weight excluding hydrogens is 356 g/mol. The first-order valence-corrected chi connectivity index (χ1v) is 8.60. The number of pyridine rings is 1. The third kappa shape index (κ3) is 4.21. The molecule has 0 saturated heterocycles. The van der Waals surface area contributed by atoms with Crippen LogP contribution in [0.25, 0.3) is 11.5 Å². The van der Waals surface area contributed by atoms with E-state index in [0.717, 1.165) is 5.56 Å². The number of amides is 1. The number of carbonyl (C=O) groups is 1. The summed E-state index contributed by atoms with van der Waals surface area (Å²) in [5, 5.41) is 10.8. The lowest BCUT2D eigenvalue weighted by Gasteiger charge is -2.07. The first-order valence-electron chi connectivity index (χ1n) is 8.60. The molecule has 0 aliphatic rings. The number of benzene rings is 2. The average Bonchev–Trinajstić information content (AvgIpc) is 3.24. The van der Waals surface area contributed by atoms with Crippen molar-refractivity contribution < 1.29 is 13.9 Å². The molecule has 2 aromatic carbocycles. The summed E-state index contributed by atoms with van der Waals surface area (Å²) < 4.78 is 11.3. The molecule has 1 amide bonds. The lowest BCUT2D eigenvalue weighted by Crippen LogP contribution is -2.11. The van der Waals surface area contributed by atoms with Crippen molar-refractivity contribution in [3.05, 3.63) is 90.6 Å².